The maximum absolute atomic E-state index is 14.7. The molecule has 1 saturated carbocycles. The molecule has 0 aromatic carbocycles. The Hall–Kier alpha value is -3.77. The molecule has 4 aliphatic rings. The summed E-state index contributed by atoms with van der Waals surface area (Å²) >= 11 is 0. The van der Waals surface area contributed by atoms with E-state index < -0.39 is 96.1 Å². The van der Waals surface area contributed by atoms with Crippen molar-refractivity contribution in [3.05, 3.63) is 47.6 Å². The van der Waals surface area contributed by atoms with Gasteiger partial charge >= 0.3 is 12.1 Å². The number of hydrogen-bond donors (Lipinski definition) is 4. The first-order valence-corrected chi connectivity index (χ1v) is 26.2. The molecule has 4 N–H and O–H groups in total. The molecule has 2 saturated heterocycles. The van der Waals surface area contributed by atoms with E-state index >= 15 is 0 Å². The summed E-state index contributed by atoms with van der Waals surface area (Å²) in [4.78, 5) is 72.1. The molecule has 4 rings (SSSR count). The minimum Gasteiger partial charge on any atom is -0.460 e. The van der Waals surface area contributed by atoms with Crippen LogP contribution in [-0.2, 0) is 47.6 Å². The number of fused-ring (bicyclic) bond motifs is 3. The smallest absolute Gasteiger partial charge is 0.407 e. The normalized spacial score (nSPS) is 37.8. The first kappa shape index (κ1) is 59.8. The molecule has 1 aliphatic carbocycles. The summed E-state index contributed by atoms with van der Waals surface area (Å²) in [7, 11) is 4.54. The van der Waals surface area contributed by atoms with Gasteiger partial charge < -0.3 is 54.0 Å². The number of cyclic esters (lactones) is 1. The number of aliphatic hydroxyl groups is 3. The van der Waals surface area contributed by atoms with Crippen molar-refractivity contribution in [2.75, 3.05) is 27.9 Å². The van der Waals surface area contributed by atoms with E-state index in [4.69, 9.17) is 28.4 Å². The van der Waals surface area contributed by atoms with E-state index in [1.54, 1.807) is 48.0 Å². The lowest BCUT2D eigenvalue weighted by Gasteiger charge is -2.43. The second-order valence-electron chi connectivity index (χ2n) is 21.5. The average molecular weight is 1000 g/mol. The number of nitrogens with zero attached hydrogens (tertiary/aromatic N) is 1. The third-order valence-electron chi connectivity index (χ3n) is 15.3. The van der Waals surface area contributed by atoms with Gasteiger partial charge in [0.1, 0.15) is 30.5 Å². The number of rotatable bonds is 8. The van der Waals surface area contributed by atoms with Gasteiger partial charge in [-0.1, -0.05) is 71.1 Å². The molecule has 0 spiro atoms. The van der Waals surface area contributed by atoms with Gasteiger partial charge in [-0.3, -0.25) is 14.4 Å². The minimum absolute atomic E-state index is 0.00289. The average Bonchev–Trinajstić information content (AvgIpc) is 3.33. The number of methoxy groups -OCH3 is 3. The van der Waals surface area contributed by atoms with Crippen LogP contribution in [0, 0.1) is 35.5 Å². The van der Waals surface area contributed by atoms with Crippen LogP contribution >= 0.6 is 0 Å². The van der Waals surface area contributed by atoms with E-state index in [1.165, 1.54) is 12.0 Å². The first-order valence-electron chi connectivity index (χ1n) is 26.2. The van der Waals surface area contributed by atoms with Crippen LogP contribution in [0.1, 0.15) is 139 Å². The molecule has 402 valence electrons. The van der Waals surface area contributed by atoms with Gasteiger partial charge in [-0.2, -0.15) is 0 Å². The number of nitrogens with one attached hydrogen (secondary N) is 1. The van der Waals surface area contributed by atoms with Crippen molar-refractivity contribution in [1.29, 1.82) is 0 Å². The van der Waals surface area contributed by atoms with Crippen molar-refractivity contribution < 1.29 is 67.7 Å². The number of aliphatic hydroxyl groups excluding tert-OH is 2. The number of carbonyl (C=O) groups is 5. The summed E-state index contributed by atoms with van der Waals surface area (Å²) in [5.74, 6) is -7.63. The molecule has 0 aromatic rings. The van der Waals surface area contributed by atoms with Gasteiger partial charge in [0.2, 0.25) is 5.79 Å². The van der Waals surface area contributed by atoms with E-state index in [9.17, 15) is 39.3 Å². The zero-order valence-corrected chi connectivity index (χ0v) is 44.7. The number of alkyl carbamates (subject to hydrolysis) is 1. The molecule has 2 amide bonds. The molecule has 16 atom stereocenters. The lowest BCUT2D eigenvalue weighted by atomic mass is 9.78. The Balaban J connectivity index is 1.80. The van der Waals surface area contributed by atoms with Gasteiger partial charge in [-0.15, -0.1) is 0 Å². The van der Waals surface area contributed by atoms with Crippen LogP contribution in [-0.4, -0.2) is 144 Å². The Morgan fingerprint density at radius 1 is 0.845 bits per heavy atom. The fourth-order valence-corrected chi connectivity index (χ4v) is 10.8. The summed E-state index contributed by atoms with van der Waals surface area (Å²) in [5, 5.41) is 37.2. The fraction of sp³-hybridized carbons (Fsp3) is 0.764. The molecular weight excluding hydrogens is 913 g/mol. The summed E-state index contributed by atoms with van der Waals surface area (Å²) in [6.07, 6.45) is 9.70. The number of piperidine rings is 1. The molecule has 16 heteroatoms. The second-order valence-corrected chi connectivity index (χ2v) is 21.5. The predicted octanol–water partition coefficient (Wildman–Crippen LogP) is 7.11. The van der Waals surface area contributed by atoms with Crippen LogP contribution in [0.4, 0.5) is 4.79 Å². The molecule has 2 unspecified atom stereocenters. The number of Topliss-reactive ketones (excluding diaryl/α,β-unsaturated/α-hetero) is 2. The lowest BCUT2D eigenvalue weighted by molar-refractivity contribution is -0.265. The molecule has 3 aliphatic heterocycles. The molecular formula is C55H88N2O14. The van der Waals surface area contributed by atoms with Crippen molar-refractivity contribution in [3.8, 4) is 0 Å². The van der Waals surface area contributed by atoms with Crippen molar-refractivity contribution in [2.45, 2.75) is 206 Å². The number of ether oxygens (including phenoxy) is 6. The SMILES string of the molecule is CO[C@H]1CC2CC[C@@H](C)[C@@](O)(O2)C(=O)C(=O)N2CCCCC2C(=O)O[C@H]([C@H](C)C[C@@H]2CC[C@@H](O)[C@H](OC)C2)C[C@@H](OC(=O)NC(C)C)[C@H](C)/C=C(\C)[C@@H](O)[C@@H](OC)C(=O)[C@H](C)C[C@H](C)/C=C/C=CC=C1C. The number of ketones is 2. The zero-order valence-electron chi connectivity index (χ0n) is 44.7. The highest BCUT2D eigenvalue weighted by atomic mass is 16.6. The van der Waals surface area contributed by atoms with Gasteiger partial charge in [0, 0.05) is 64.5 Å². The maximum Gasteiger partial charge on any atom is 0.407 e. The summed E-state index contributed by atoms with van der Waals surface area (Å²) in [6, 6.07) is -1.42. The molecule has 2 bridgehead atoms. The van der Waals surface area contributed by atoms with Crippen LogP contribution in [0.25, 0.3) is 0 Å². The highest BCUT2D eigenvalue weighted by Crippen LogP contribution is 2.38. The van der Waals surface area contributed by atoms with Crippen molar-refractivity contribution in [1.82, 2.24) is 10.2 Å². The second kappa shape index (κ2) is 28.1. The van der Waals surface area contributed by atoms with E-state index in [1.807, 2.05) is 65.0 Å². The van der Waals surface area contributed by atoms with Crippen LogP contribution in [0.5, 0.6) is 0 Å². The number of esters is 1. The van der Waals surface area contributed by atoms with Gasteiger partial charge in [-0.25, -0.2) is 9.59 Å². The standard InChI is InChI=1S/C55H88N2O14/c1-32(2)56-54(64)70-46-31-45(36(6)28-40-22-24-43(58)47(29-40)67-11)69-53(63)42-20-16-17-25-57(42)52(62)51(61)55(65)39(9)21-23-41(71-55)30-44(66-10)34(4)19-15-13-14-18-33(3)26-37(7)48(59)50(68-12)49(60)38(8)27-35(46)5/h13-15,18-19,27,32-33,35-37,39-47,49-50,58,60,65H,16-17,20-26,28-31H2,1-12H3,(H,56,64)/b15-13?,18-14+,34-19?,38-27+/t33-,35-,36-,37-,39-,40+,41?,42?,43-,44+,45+,46-,47-,49-,50+,55-/m1/s1. The van der Waals surface area contributed by atoms with E-state index in [0.29, 0.717) is 69.8 Å². The summed E-state index contributed by atoms with van der Waals surface area (Å²) < 4.78 is 36.0. The Labute approximate surface area is 423 Å². The Morgan fingerprint density at radius 3 is 2.23 bits per heavy atom. The Bertz CT molecular complexity index is 1900. The fourth-order valence-electron chi connectivity index (χ4n) is 10.8. The summed E-state index contributed by atoms with van der Waals surface area (Å²) in [6.45, 7) is 16.5. The van der Waals surface area contributed by atoms with Crippen LogP contribution in [0.3, 0.4) is 0 Å². The topological polar surface area (TPSA) is 217 Å². The van der Waals surface area contributed by atoms with Crippen LogP contribution in [0.2, 0.25) is 0 Å². The van der Waals surface area contributed by atoms with Gasteiger partial charge in [-0.05, 0) is 121 Å². The highest BCUT2D eigenvalue weighted by molar-refractivity contribution is 6.39. The third kappa shape index (κ3) is 16.6. The van der Waals surface area contributed by atoms with E-state index in [-0.39, 0.29) is 55.1 Å². The van der Waals surface area contributed by atoms with Gasteiger partial charge in [0.25, 0.3) is 11.7 Å². The van der Waals surface area contributed by atoms with Crippen LogP contribution < -0.4 is 5.32 Å². The molecule has 16 nitrogen and oxygen atoms in total. The van der Waals surface area contributed by atoms with Gasteiger partial charge in [0.05, 0.1) is 24.4 Å². The number of allylic oxidation sites excluding steroid dienone is 5. The van der Waals surface area contributed by atoms with Crippen molar-refractivity contribution in [3.63, 3.8) is 0 Å². The summed E-state index contributed by atoms with van der Waals surface area (Å²) in [5.41, 5.74) is 1.29. The molecule has 0 aromatic heterocycles. The Morgan fingerprint density at radius 2 is 1.56 bits per heavy atom. The quantitative estimate of drug-likeness (QED) is 0.108. The highest BCUT2D eigenvalue weighted by Gasteiger charge is 2.53. The van der Waals surface area contributed by atoms with Crippen LogP contribution in [0.15, 0.2) is 47.6 Å². The molecule has 71 heavy (non-hydrogen) atoms. The largest absolute Gasteiger partial charge is 0.460 e. The zero-order chi connectivity index (χ0) is 52.7. The molecule has 0 radical (unpaired) electrons. The first-order chi connectivity index (χ1) is 33.5. The predicted molar refractivity (Wildman–Crippen MR) is 269 cm³/mol. The number of carbonyl (C=O) groups excluding carboxylic acids is 5. The third-order valence-corrected chi connectivity index (χ3v) is 15.3. The monoisotopic (exact) mass is 1000 g/mol. The van der Waals surface area contributed by atoms with Crippen molar-refractivity contribution in [2.24, 2.45) is 35.5 Å². The maximum atomic E-state index is 14.7. The number of amides is 2. The lowest BCUT2D eigenvalue weighted by Crippen LogP contribution is -2.61. The Kier molecular flexibility index (Phi) is 23.6. The molecule has 3 heterocycles. The van der Waals surface area contributed by atoms with Crippen molar-refractivity contribution >= 4 is 29.5 Å². The van der Waals surface area contributed by atoms with Gasteiger partial charge in [0.15, 0.2) is 5.78 Å². The van der Waals surface area contributed by atoms with E-state index in [2.05, 4.69) is 5.32 Å². The minimum atomic E-state index is -2.45. The number of hydrogen-bond acceptors (Lipinski definition) is 14. The molecule has 3 fully saturated rings. The van der Waals surface area contributed by atoms with E-state index in [0.717, 1.165) is 5.57 Å².